The van der Waals surface area contributed by atoms with E-state index in [9.17, 15) is 8.78 Å². The van der Waals surface area contributed by atoms with E-state index in [1.165, 1.54) is 19.2 Å². The SMILES string of the molecule is COc1ccc(Br)cc1C(C)(F)F. The largest absolute Gasteiger partial charge is 0.496 e. The number of hydrogen-bond donors (Lipinski definition) is 0. The van der Waals surface area contributed by atoms with Crippen molar-refractivity contribution in [3.05, 3.63) is 28.2 Å². The zero-order valence-corrected chi connectivity index (χ0v) is 8.86. The maximum absolute atomic E-state index is 13.0. The van der Waals surface area contributed by atoms with Gasteiger partial charge >= 0.3 is 0 Å². The first-order valence-electron chi connectivity index (χ1n) is 3.67. The second-order valence-electron chi connectivity index (χ2n) is 2.73. The van der Waals surface area contributed by atoms with E-state index in [1.54, 1.807) is 6.07 Å². The van der Waals surface area contributed by atoms with Gasteiger partial charge in [-0.15, -0.1) is 0 Å². The van der Waals surface area contributed by atoms with Crippen LogP contribution in [0.15, 0.2) is 22.7 Å². The average Bonchev–Trinajstić information content (AvgIpc) is 2.03. The van der Waals surface area contributed by atoms with Crippen LogP contribution in [0.1, 0.15) is 12.5 Å². The van der Waals surface area contributed by atoms with Crippen molar-refractivity contribution < 1.29 is 13.5 Å². The summed E-state index contributed by atoms with van der Waals surface area (Å²) < 4.78 is 31.4. The third-order valence-corrected chi connectivity index (χ3v) is 2.13. The normalized spacial score (nSPS) is 11.5. The smallest absolute Gasteiger partial charge is 0.274 e. The molecular weight excluding hydrogens is 242 g/mol. The Morgan fingerprint density at radius 3 is 2.46 bits per heavy atom. The Hall–Kier alpha value is -0.640. The summed E-state index contributed by atoms with van der Waals surface area (Å²) in [6.07, 6.45) is 0. The van der Waals surface area contributed by atoms with Crippen molar-refractivity contribution in [3.8, 4) is 5.75 Å². The molecule has 0 aliphatic heterocycles. The zero-order valence-electron chi connectivity index (χ0n) is 7.27. The van der Waals surface area contributed by atoms with Crippen LogP contribution in [-0.2, 0) is 5.92 Å². The monoisotopic (exact) mass is 250 g/mol. The molecule has 0 spiro atoms. The van der Waals surface area contributed by atoms with Gasteiger partial charge in [0.2, 0.25) is 0 Å². The van der Waals surface area contributed by atoms with Crippen molar-refractivity contribution in [2.75, 3.05) is 7.11 Å². The van der Waals surface area contributed by atoms with Crippen LogP contribution in [-0.4, -0.2) is 7.11 Å². The number of hydrogen-bond acceptors (Lipinski definition) is 1. The van der Waals surface area contributed by atoms with Gasteiger partial charge in [0.05, 0.1) is 12.7 Å². The van der Waals surface area contributed by atoms with Crippen molar-refractivity contribution in [3.63, 3.8) is 0 Å². The highest BCUT2D eigenvalue weighted by molar-refractivity contribution is 9.10. The summed E-state index contributed by atoms with van der Waals surface area (Å²) >= 11 is 3.13. The predicted molar refractivity (Wildman–Crippen MR) is 50.3 cm³/mol. The number of ether oxygens (including phenoxy) is 1. The molecule has 0 atom stereocenters. The zero-order chi connectivity index (χ0) is 10.1. The van der Waals surface area contributed by atoms with Gasteiger partial charge in [-0.25, -0.2) is 8.78 Å². The van der Waals surface area contributed by atoms with Crippen molar-refractivity contribution in [2.24, 2.45) is 0 Å². The molecule has 0 amide bonds. The molecule has 1 rings (SSSR count). The maximum Gasteiger partial charge on any atom is 0.274 e. The van der Waals surface area contributed by atoms with Crippen LogP contribution in [0.2, 0.25) is 0 Å². The van der Waals surface area contributed by atoms with Crippen LogP contribution < -0.4 is 4.74 Å². The second kappa shape index (κ2) is 3.62. The van der Waals surface area contributed by atoms with Crippen LogP contribution >= 0.6 is 15.9 Å². The third-order valence-electron chi connectivity index (χ3n) is 1.63. The van der Waals surface area contributed by atoms with E-state index in [0.29, 0.717) is 4.47 Å². The molecule has 72 valence electrons. The van der Waals surface area contributed by atoms with Gasteiger partial charge in [0.15, 0.2) is 0 Å². The predicted octanol–water partition coefficient (Wildman–Crippen LogP) is 3.57. The van der Waals surface area contributed by atoms with E-state index in [1.807, 2.05) is 0 Å². The molecule has 0 bridgehead atoms. The summed E-state index contributed by atoms with van der Waals surface area (Å²) in [6, 6.07) is 4.53. The van der Waals surface area contributed by atoms with Crippen LogP contribution in [0.4, 0.5) is 8.78 Å². The fourth-order valence-corrected chi connectivity index (χ4v) is 1.38. The number of alkyl halides is 2. The molecule has 0 saturated heterocycles. The minimum absolute atomic E-state index is 0.107. The standard InChI is InChI=1S/C9H9BrF2O/c1-9(11,12)7-5-6(10)3-4-8(7)13-2/h3-5H,1-2H3. The Balaban J connectivity index is 3.24. The van der Waals surface area contributed by atoms with E-state index in [0.717, 1.165) is 6.92 Å². The average molecular weight is 251 g/mol. The summed E-state index contributed by atoms with van der Waals surface area (Å²) in [6.45, 7) is 0.845. The molecule has 0 N–H and O–H groups in total. The van der Waals surface area contributed by atoms with Crippen LogP contribution in [0.3, 0.4) is 0 Å². The molecule has 0 radical (unpaired) electrons. The van der Waals surface area contributed by atoms with Gasteiger partial charge in [-0.3, -0.25) is 0 Å². The molecule has 1 aromatic carbocycles. The molecule has 13 heavy (non-hydrogen) atoms. The lowest BCUT2D eigenvalue weighted by Crippen LogP contribution is -2.08. The molecule has 0 saturated carbocycles. The maximum atomic E-state index is 13.0. The van der Waals surface area contributed by atoms with Crippen molar-refractivity contribution >= 4 is 15.9 Å². The van der Waals surface area contributed by atoms with E-state index in [4.69, 9.17) is 4.74 Å². The second-order valence-corrected chi connectivity index (χ2v) is 3.65. The van der Waals surface area contributed by atoms with Gasteiger partial charge in [0.1, 0.15) is 5.75 Å². The molecule has 0 aliphatic carbocycles. The van der Waals surface area contributed by atoms with Gasteiger partial charge in [0.25, 0.3) is 5.92 Å². The molecule has 0 unspecified atom stereocenters. The van der Waals surface area contributed by atoms with E-state index in [2.05, 4.69) is 15.9 Å². The summed E-state index contributed by atoms with van der Waals surface area (Å²) in [7, 11) is 1.37. The third kappa shape index (κ3) is 2.40. The molecule has 0 fully saturated rings. The van der Waals surface area contributed by atoms with E-state index >= 15 is 0 Å². The molecule has 0 heterocycles. The van der Waals surface area contributed by atoms with Crippen molar-refractivity contribution in [1.29, 1.82) is 0 Å². The Bertz CT molecular complexity index is 307. The lowest BCUT2D eigenvalue weighted by atomic mass is 10.1. The summed E-state index contributed by atoms with van der Waals surface area (Å²) in [5, 5.41) is 0. The molecule has 1 nitrogen and oxygen atoms in total. The van der Waals surface area contributed by atoms with Crippen LogP contribution in [0, 0.1) is 0 Å². The number of benzene rings is 1. The molecular formula is C9H9BrF2O. The van der Waals surface area contributed by atoms with Gasteiger partial charge in [-0.2, -0.15) is 0 Å². The summed E-state index contributed by atoms with van der Waals surface area (Å²) in [5.74, 6) is -2.68. The molecule has 4 heteroatoms. The fourth-order valence-electron chi connectivity index (χ4n) is 1.02. The van der Waals surface area contributed by atoms with Crippen LogP contribution in [0.25, 0.3) is 0 Å². The van der Waals surface area contributed by atoms with E-state index < -0.39 is 5.92 Å². The highest BCUT2D eigenvalue weighted by Gasteiger charge is 2.28. The van der Waals surface area contributed by atoms with Crippen molar-refractivity contribution in [1.82, 2.24) is 0 Å². The Kier molecular flexibility index (Phi) is 2.91. The Morgan fingerprint density at radius 1 is 1.38 bits per heavy atom. The first kappa shape index (κ1) is 10.4. The Labute approximate surface area is 83.8 Å². The fraction of sp³-hybridized carbons (Fsp3) is 0.333. The highest BCUT2D eigenvalue weighted by atomic mass is 79.9. The molecule has 0 aromatic heterocycles. The topological polar surface area (TPSA) is 9.23 Å². The number of methoxy groups -OCH3 is 1. The number of rotatable bonds is 2. The van der Waals surface area contributed by atoms with E-state index in [-0.39, 0.29) is 11.3 Å². The highest BCUT2D eigenvalue weighted by Crippen LogP contribution is 2.35. The minimum Gasteiger partial charge on any atom is -0.496 e. The first-order valence-corrected chi connectivity index (χ1v) is 4.46. The summed E-state index contributed by atoms with van der Waals surface area (Å²) in [5.41, 5.74) is -0.107. The number of halogens is 3. The molecule has 1 aromatic rings. The Morgan fingerprint density at radius 2 is 2.00 bits per heavy atom. The quantitative estimate of drug-likeness (QED) is 0.780. The van der Waals surface area contributed by atoms with Gasteiger partial charge in [-0.05, 0) is 18.2 Å². The first-order chi connectivity index (χ1) is 5.95. The molecule has 0 aliphatic rings. The van der Waals surface area contributed by atoms with Crippen LogP contribution in [0.5, 0.6) is 5.75 Å². The van der Waals surface area contributed by atoms with Crippen molar-refractivity contribution in [2.45, 2.75) is 12.8 Å². The lowest BCUT2D eigenvalue weighted by molar-refractivity contribution is 0.0150. The lowest BCUT2D eigenvalue weighted by Gasteiger charge is -2.14. The minimum atomic E-state index is -2.88. The van der Waals surface area contributed by atoms with Gasteiger partial charge < -0.3 is 4.74 Å². The van der Waals surface area contributed by atoms with Gasteiger partial charge in [0, 0.05) is 11.4 Å². The summed E-state index contributed by atoms with van der Waals surface area (Å²) in [4.78, 5) is 0. The van der Waals surface area contributed by atoms with Gasteiger partial charge in [-0.1, -0.05) is 15.9 Å².